The minimum Gasteiger partial charge on any atom is -0.497 e. The fourth-order valence-corrected chi connectivity index (χ4v) is 2.57. The van der Waals surface area contributed by atoms with Crippen LogP contribution in [0.25, 0.3) is 0 Å². The number of carbonyl (C=O) groups excluding carboxylic acids is 2. The van der Waals surface area contributed by atoms with Gasteiger partial charge >= 0.3 is 0 Å². The van der Waals surface area contributed by atoms with Crippen molar-refractivity contribution in [1.82, 2.24) is 5.32 Å². The number of nitrogens with one attached hydrogen (secondary N) is 3. The fourth-order valence-electron chi connectivity index (χ4n) is 2.57. The predicted octanol–water partition coefficient (Wildman–Crippen LogP) is 2.44. The summed E-state index contributed by atoms with van der Waals surface area (Å²) in [6, 6.07) is 14.6. The molecule has 0 saturated carbocycles. The normalized spacial score (nSPS) is 11.4. The monoisotopic (exact) mass is 385 g/mol. The van der Waals surface area contributed by atoms with Gasteiger partial charge in [0.05, 0.1) is 7.11 Å². The summed E-state index contributed by atoms with van der Waals surface area (Å²) in [5.41, 5.74) is 2.60. The topological polar surface area (TPSA) is 88.7 Å². The minimum absolute atomic E-state index is 0.00767. The first-order valence-electron chi connectivity index (χ1n) is 9.08. The van der Waals surface area contributed by atoms with Crippen LogP contribution in [-0.2, 0) is 20.7 Å². The van der Waals surface area contributed by atoms with Crippen LogP contribution < -0.4 is 20.7 Å². The van der Waals surface area contributed by atoms with Gasteiger partial charge in [0, 0.05) is 25.0 Å². The number of amides is 2. The van der Waals surface area contributed by atoms with E-state index in [9.17, 15) is 9.59 Å². The summed E-state index contributed by atoms with van der Waals surface area (Å²) in [5.74, 6) is 0.522. The lowest BCUT2D eigenvalue weighted by molar-refractivity contribution is -0.121. The van der Waals surface area contributed by atoms with Crippen molar-refractivity contribution < 1.29 is 19.1 Å². The smallest absolute Gasteiger partial charge is 0.250 e. The van der Waals surface area contributed by atoms with E-state index in [4.69, 9.17) is 9.47 Å². The standard InChI is InChI=1S/C21H27N3O4/c1-15(21(26)22-13-12-16-4-10-19(28-3)11-5-16)23-17-6-8-18(9-7-17)24-20(25)14-27-2/h4-11,15,23H,12-14H2,1-3H3,(H,22,26)(H,24,25). The second kappa shape index (κ2) is 10.9. The molecule has 0 aliphatic heterocycles. The molecule has 0 spiro atoms. The lowest BCUT2D eigenvalue weighted by Crippen LogP contribution is -2.38. The van der Waals surface area contributed by atoms with Gasteiger partial charge in [-0.1, -0.05) is 12.1 Å². The molecular formula is C21H27N3O4. The van der Waals surface area contributed by atoms with E-state index in [1.54, 1.807) is 26.2 Å². The first-order valence-corrected chi connectivity index (χ1v) is 9.08. The quantitative estimate of drug-likeness (QED) is 0.585. The molecule has 2 aromatic rings. The molecule has 1 unspecified atom stereocenters. The zero-order valence-electron chi connectivity index (χ0n) is 16.5. The van der Waals surface area contributed by atoms with Crippen molar-refractivity contribution in [2.24, 2.45) is 0 Å². The van der Waals surface area contributed by atoms with Gasteiger partial charge in [0.2, 0.25) is 11.8 Å². The van der Waals surface area contributed by atoms with Crippen molar-refractivity contribution in [1.29, 1.82) is 0 Å². The number of hydrogen-bond acceptors (Lipinski definition) is 5. The van der Waals surface area contributed by atoms with Crippen molar-refractivity contribution in [3.63, 3.8) is 0 Å². The van der Waals surface area contributed by atoms with E-state index in [1.807, 2.05) is 36.4 Å². The first-order chi connectivity index (χ1) is 13.5. The highest BCUT2D eigenvalue weighted by Crippen LogP contribution is 2.15. The molecule has 0 saturated heterocycles. The number of carbonyl (C=O) groups is 2. The molecule has 0 radical (unpaired) electrons. The number of anilines is 2. The van der Waals surface area contributed by atoms with Crippen LogP contribution in [0.3, 0.4) is 0 Å². The van der Waals surface area contributed by atoms with Crippen LogP contribution in [0.1, 0.15) is 12.5 Å². The summed E-state index contributed by atoms with van der Waals surface area (Å²) in [6.07, 6.45) is 0.748. The van der Waals surface area contributed by atoms with Crippen molar-refractivity contribution >= 4 is 23.2 Å². The van der Waals surface area contributed by atoms with E-state index in [0.29, 0.717) is 12.2 Å². The minimum atomic E-state index is -0.384. The van der Waals surface area contributed by atoms with Gasteiger partial charge in [0.1, 0.15) is 18.4 Å². The van der Waals surface area contributed by atoms with Gasteiger partial charge < -0.3 is 25.4 Å². The summed E-state index contributed by atoms with van der Waals surface area (Å²) in [4.78, 5) is 23.7. The van der Waals surface area contributed by atoms with Gasteiger partial charge in [-0.3, -0.25) is 9.59 Å². The van der Waals surface area contributed by atoms with E-state index in [1.165, 1.54) is 7.11 Å². The molecule has 7 heteroatoms. The molecule has 7 nitrogen and oxygen atoms in total. The van der Waals surface area contributed by atoms with Crippen molar-refractivity contribution in [2.45, 2.75) is 19.4 Å². The molecule has 2 rings (SSSR count). The Hall–Kier alpha value is -3.06. The first kappa shape index (κ1) is 21.2. The third-order valence-electron chi connectivity index (χ3n) is 4.09. The average molecular weight is 385 g/mol. The van der Waals surface area contributed by atoms with Crippen molar-refractivity contribution in [3.8, 4) is 5.75 Å². The number of hydrogen-bond donors (Lipinski definition) is 3. The fraction of sp³-hybridized carbons (Fsp3) is 0.333. The molecule has 0 bridgehead atoms. The molecule has 150 valence electrons. The summed E-state index contributed by atoms with van der Waals surface area (Å²) < 4.78 is 9.91. The van der Waals surface area contributed by atoms with Crippen LogP contribution in [-0.4, -0.2) is 45.2 Å². The third kappa shape index (κ3) is 6.92. The molecule has 0 aliphatic rings. The van der Waals surface area contributed by atoms with Gasteiger partial charge in [0.25, 0.3) is 0 Å². The summed E-state index contributed by atoms with van der Waals surface area (Å²) in [5, 5.41) is 8.79. The van der Waals surface area contributed by atoms with Crippen LogP contribution in [0.5, 0.6) is 5.75 Å². The molecule has 1 atom stereocenters. The number of rotatable bonds is 10. The average Bonchev–Trinajstić information content (AvgIpc) is 2.70. The van der Waals surface area contributed by atoms with E-state index >= 15 is 0 Å². The Morgan fingerprint density at radius 1 is 0.964 bits per heavy atom. The third-order valence-corrected chi connectivity index (χ3v) is 4.09. The highest BCUT2D eigenvalue weighted by atomic mass is 16.5. The molecule has 2 amide bonds. The Labute approximate surface area is 165 Å². The van der Waals surface area contributed by atoms with Crippen LogP contribution in [0.15, 0.2) is 48.5 Å². The maximum Gasteiger partial charge on any atom is 0.250 e. The zero-order chi connectivity index (χ0) is 20.4. The lowest BCUT2D eigenvalue weighted by atomic mass is 10.1. The van der Waals surface area contributed by atoms with Gasteiger partial charge in [-0.2, -0.15) is 0 Å². The Morgan fingerprint density at radius 2 is 1.61 bits per heavy atom. The van der Waals surface area contributed by atoms with E-state index < -0.39 is 0 Å². The molecule has 0 heterocycles. The van der Waals surface area contributed by atoms with Crippen LogP contribution in [0.2, 0.25) is 0 Å². The molecule has 0 aliphatic carbocycles. The summed E-state index contributed by atoms with van der Waals surface area (Å²) in [7, 11) is 3.10. The summed E-state index contributed by atoms with van der Waals surface area (Å²) >= 11 is 0. The molecule has 28 heavy (non-hydrogen) atoms. The lowest BCUT2D eigenvalue weighted by Gasteiger charge is -2.16. The van der Waals surface area contributed by atoms with Gasteiger partial charge in [-0.15, -0.1) is 0 Å². The van der Waals surface area contributed by atoms with E-state index in [0.717, 1.165) is 23.4 Å². The second-order valence-corrected chi connectivity index (χ2v) is 6.31. The molecule has 3 N–H and O–H groups in total. The number of ether oxygens (including phenoxy) is 2. The van der Waals surface area contributed by atoms with Crippen LogP contribution in [0, 0.1) is 0 Å². The van der Waals surface area contributed by atoms with E-state index in [2.05, 4.69) is 16.0 Å². The largest absolute Gasteiger partial charge is 0.497 e. The molecular weight excluding hydrogens is 358 g/mol. The predicted molar refractivity (Wildman–Crippen MR) is 110 cm³/mol. The van der Waals surface area contributed by atoms with Crippen molar-refractivity contribution in [2.75, 3.05) is 38.0 Å². The van der Waals surface area contributed by atoms with Crippen LogP contribution in [0.4, 0.5) is 11.4 Å². The van der Waals surface area contributed by atoms with Gasteiger partial charge in [-0.25, -0.2) is 0 Å². The SMILES string of the molecule is COCC(=O)Nc1ccc(NC(C)C(=O)NCCc2ccc(OC)cc2)cc1. The zero-order valence-corrected chi connectivity index (χ0v) is 16.5. The highest BCUT2D eigenvalue weighted by molar-refractivity contribution is 5.92. The number of benzene rings is 2. The maximum absolute atomic E-state index is 12.3. The molecule has 2 aromatic carbocycles. The van der Waals surface area contributed by atoms with Gasteiger partial charge in [0.15, 0.2) is 0 Å². The Morgan fingerprint density at radius 3 is 2.21 bits per heavy atom. The van der Waals surface area contributed by atoms with E-state index in [-0.39, 0.29) is 24.5 Å². The molecule has 0 fully saturated rings. The maximum atomic E-state index is 12.3. The number of methoxy groups -OCH3 is 2. The van der Waals surface area contributed by atoms with Gasteiger partial charge in [-0.05, 0) is 55.3 Å². The Bertz CT molecular complexity index is 760. The Balaban J connectivity index is 1.75. The van der Waals surface area contributed by atoms with Crippen molar-refractivity contribution in [3.05, 3.63) is 54.1 Å². The van der Waals surface area contributed by atoms with Crippen LogP contribution >= 0.6 is 0 Å². The highest BCUT2D eigenvalue weighted by Gasteiger charge is 2.12. The second-order valence-electron chi connectivity index (χ2n) is 6.31. The molecule has 0 aromatic heterocycles. The summed E-state index contributed by atoms with van der Waals surface area (Å²) in [6.45, 7) is 2.37. The Kier molecular flexibility index (Phi) is 8.30.